The predicted octanol–water partition coefficient (Wildman–Crippen LogP) is 4.79. The van der Waals surface area contributed by atoms with Crippen molar-refractivity contribution < 1.29 is 24.2 Å². The Morgan fingerprint density at radius 3 is 2.78 bits per heavy atom. The van der Waals surface area contributed by atoms with Gasteiger partial charge in [0.1, 0.15) is 11.5 Å². The molecule has 0 saturated carbocycles. The fourth-order valence-electron chi connectivity index (χ4n) is 4.32. The van der Waals surface area contributed by atoms with Crippen molar-refractivity contribution in [2.45, 2.75) is 32.8 Å². The second-order valence-corrected chi connectivity index (χ2v) is 9.92. The predicted molar refractivity (Wildman–Crippen MR) is 145 cm³/mol. The second kappa shape index (κ2) is 11.7. The van der Waals surface area contributed by atoms with E-state index in [1.54, 1.807) is 48.0 Å². The van der Waals surface area contributed by atoms with E-state index in [0.717, 1.165) is 34.1 Å². The summed E-state index contributed by atoms with van der Waals surface area (Å²) in [6.07, 6.45) is 3.54. The number of ether oxygens (including phenoxy) is 2. The molecule has 9 nitrogen and oxygen atoms in total. The number of thiophene rings is 1. The number of nitrogens with zero attached hydrogens (tertiary/aromatic N) is 3. The van der Waals surface area contributed by atoms with Crippen LogP contribution in [0.25, 0.3) is 21.1 Å². The molecule has 2 N–H and O–H groups in total. The van der Waals surface area contributed by atoms with E-state index >= 15 is 0 Å². The van der Waals surface area contributed by atoms with Gasteiger partial charge in [-0.2, -0.15) is 0 Å². The summed E-state index contributed by atoms with van der Waals surface area (Å²) in [7, 11) is 3.46. The molecule has 1 aromatic carbocycles. The quantitative estimate of drug-likeness (QED) is 0.309. The normalized spacial score (nSPS) is 12.1. The van der Waals surface area contributed by atoms with Gasteiger partial charge in [-0.15, -0.1) is 11.3 Å². The number of nitrogens with one attached hydrogen (secondary N) is 1. The van der Waals surface area contributed by atoms with E-state index in [2.05, 4.69) is 17.2 Å². The van der Waals surface area contributed by atoms with Gasteiger partial charge in [-0.3, -0.25) is 14.3 Å². The first-order valence-corrected chi connectivity index (χ1v) is 13.0. The van der Waals surface area contributed by atoms with Gasteiger partial charge < -0.3 is 24.8 Å². The number of amides is 2. The number of aryl methyl sites for hydroxylation is 1. The molecule has 1 atom stereocenters. The molecule has 196 valence electrons. The number of rotatable bonds is 10. The highest BCUT2D eigenvalue weighted by molar-refractivity contribution is 7.21. The summed E-state index contributed by atoms with van der Waals surface area (Å²) in [6, 6.07) is 10.7. The Bertz CT molecular complexity index is 1410. The Morgan fingerprint density at radius 1 is 1.24 bits per heavy atom. The molecule has 0 aliphatic rings. The standard InChI is InChI=1S/C27H32N4O5S/c1-5-6-20(35-4)16-30(3)26(33)24-15-21-25(37-24)23(9-10-28-21)36-19-7-8-22-18(14-19)13-17(2)31(22)27(34)29-11-12-32/h7-10,13-15,20,32H,5-6,11-12,16H2,1-4H3,(H,29,34). The average Bonchev–Trinajstić information content (AvgIpc) is 3.47. The van der Waals surface area contributed by atoms with Crippen LogP contribution in [0, 0.1) is 6.92 Å². The summed E-state index contributed by atoms with van der Waals surface area (Å²) in [5.74, 6) is 1.13. The average molecular weight is 525 g/mol. The molecule has 3 aromatic heterocycles. The van der Waals surface area contributed by atoms with E-state index in [0.29, 0.717) is 28.4 Å². The number of pyridine rings is 1. The number of aromatic nitrogens is 2. The van der Waals surface area contributed by atoms with Crippen molar-refractivity contribution in [3.63, 3.8) is 0 Å². The van der Waals surface area contributed by atoms with Gasteiger partial charge in [-0.05, 0) is 43.7 Å². The molecule has 0 aliphatic heterocycles. The number of fused-ring (bicyclic) bond motifs is 2. The molecule has 0 radical (unpaired) electrons. The molecule has 10 heteroatoms. The van der Waals surface area contributed by atoms with Gasteiger partial charge in [0.25, 0.3) is 5.91 Å². The maximum absolute atomic E-state index is 13.1. The molecule has 4 aromatic rings. The van der Waals surface area contributed by atoms with Crippen molar-refractivity contribution in [2.75, 3.05) is 33.9 Å². The lowest BCUT2D eigenvalue weighted by atomic mass is 10.2. The van der Waals surface area contributed by atoms with Crippen molar-refractivity contribution >= 4 is 44.4 Å². The highest BCUT2D eigenvalue weighted by Crippen LogP contribution is 2.36. The van der Waals surface area contributed by atoms with Crippen LogP contribution in [0.4, 0.5) is 4.79 Å². The summed E-state index contributed by atoms with van der Waals surface area (Å²) in [5.41, 5.74) is 2.21. The van der Waals surface area contributed by atoms with Crippen molar-refractivity contribution in [1.82, 2.24) is 19.8 Å². The molecule has 0 aliphatic carbocycles. The summed E-state index contributed by atoms with van der Waals surface area (Å²) in [6.45, 7) is 4.53. The van der Waals surface area contributed by atoms with Crippen LogP contribution >= 0.6 is 11.3 Å². The van der Waals surface area contributed by atoms with Crippen LogP contribution < -0.4 is 10.1 Å². The number of carbonyl (C=O) groups is 2. The van der Waals surface area contributed by atoms with Crippen LogP contribution in [0.15, 0.2) is 42.6 Å². The third-order valence-electron chi connectivity index (χ3n) is 6.13. The molecular formula is C27H32N4O5S. The molecule has 0 bridgehead atoms. The lowest BCUT2D eigenvalue weighted by Crippen LogP contribution is -2.34. The maximum atomic E-state index is 13.1. The number of aliphatic hydroxyl groups is 1. The summed E-state index contributed by atoms with van der Waals surface area (Å²) >= 11 is 1.35. The lowest BCUT2D eigenvalue weighted by Gasteiger charge is -2.22. The largest absolute Gasteiger partial charge is 0.456 e. The Labute approximate surface area is 219 Å². The summed E-state index contributed by atoms with van der Waals surface area (Å²) in [4.78, 5) is 32.3. The van der Waals surface area contributed by atoms with Gasteiger partial charge in [0.05, 0.1) is 33.3 Å². The molecule has 0 saturated heterocycles. The van der Waals surface area contributed by atoms with E-state index in [4.69, 9.17) is 14.6 Å². The lowest BCUT2D eigenvalue weighted by molar-refractivity contribution is 0.0511. The van der Waals surface area contributed by atoms with Crippen molar-refractivity contribution in [3.05, 3.63) is 53.2 Å². The fraction of sp³-hybridized carbons (Fsp3) is 0.370. The van der Waals surface area contributed by atoms with E-state index in [1.165, 1.54) is 11.3 Å². The summed E-state index contributed by atoms with van der Waals surface area (Å²) < 4.78 is 14.1. The molecular weight excluding hydrogens is 492 g/mol. The zero-order valence-electron chi connectivity index (χ0n) is 21.5. The number of aliphatic hydroxyl groups excluding tert-OH is 1. The highest BCUT2D eigenvalue weighted by atomic mass is 32.1. The number of carbonyl (C=O) groups excluding carboxylic acids is 2. The third-order valence-corrected chi connectivity index (χ3v) is 7.26. The molecule has 0 fully saturated rings. The van der Waals surface area contributed by atoms with Crippen LogP contribution in [0.5, 0.6) is 11.5 Å². The van der Waals surface area contributed by atoms with Gasteiger partial charge in [-0.25, -0.2) is 4.79 Å². The zero-order valence-corrected chi connectivity index (χ0v) is 22.3. The minimum atomic E-state index is -0.293. The number of methoxy groups -OCH3 is 1. The van der Waals surface area contributed by atoms with Gasteiger partial charge in [-0.1, -0.05) is 13.3 Å². The number of hydrogen-bond donors (Lipinski definition) is 2. The van der Waals surface area contributed by atoms with Crippen molar-refractivity contribution in [3.8, 4) is 11.5 Å². The van der Waals surface area contributed by atoms with Crippen LogP contribution in [-0.2, 0) is 4.74 Å². The third kappa shape index (κ3) is 5.76. The van der Waals surface area contributed by atoms with Crippen molar-refractivity contribution in [2.24, 2.45) is 0 Å². The Kier molecular flexibility index (Phi) is 8.42. The van der Waals surface area contributed by atoms with E-state index in [9.17, 15) is 9.59 Å². The number of likely N-dealkylation sites (N-methyl/N-ethyl adjacent to an activating group) is 1. The first-order chi connectivity index (χ1) is 17.9. The van der Waals surface area contributed by atoms with Gasteiger partial charge in [0, 0.05) is 50.6 Å². The Balaban J connectivity index is 1.57. The van der Waals surface area contributed by atoms with Gasteiger partial charge in [0.2, 0.25) is 0 Å². The van der Waals surface area contributed by atoms with Gasteiger partial charge >= 0.3 is 6.03 Å². The smallest absolute Gasteiger partial charge is 0.326 e. The topological polar surface area (TPSA) is 106 Å². The second-order valence-electron chi connectivity index (χ2n) is 8.87. The first-order valence-electron chi connectivity index (χ1n) is 12.2. The molecule has 37 heavy (non-hydrogen) atoms. The van der Waals surface area contributed by atoms with Crippen LogP contribution in [0.3, 0.4) is 0 Å². The van der Waals surface area contributed by atoms with Crippen molar-refractivity contribution in [1.29, 1.82) is 0 Å². The minimum absolute atomic E-state index is 0.000444. The monoisotopic (exact) mass is 524 g/mol. The number of hydrogen-bond acceptors (Lipinski definition) is 7. The Morgan fingerprint density at radius 2 is 2.05 bits per heavy atom. The molecule has 0 spiro atoms. The molecule has 1 unspecified atom stereocenters. The summed E-state index contributed by atoms with van der Waals surface area (Å²) in [5, 5.41) is 12.5. The first kappa shape index (κ1) is 26.6. The number of benzene rings is 1. The van der Waals surface area contributed by atoms with E-state index in [-0.39, 0.29) is 31.2 Å². The fourth-order valence-corrected chi connectivity index (χ4v) is 5.38. The molecule has 4 rings (SSSR count). The van der Waals surface area contributed by atoms with Crippen LogP contribution in [-0.4, -0.2) is 71.5 Å². The maximum Gasteiger partial charge on any atom is 0.326 e. The highest BCUT2D eigenvalue weighted by Gasteiger charge is 2.20. The SMILES string of the molecule is CCCC(CN(C)C(=O)c1cc2nccc(Oc3ccc4c(c3)cc(C)n4C(=O)NCCO)c2s1)OC. The molecule has 2 amide bonds. The van der Waals surface area contributed by atoms with Gasteiger partial charge in [0.15, 0.2) is 0 Å². The Hall–Kier alpha value is -3.47. The van der Waals surface area contributed by atoms with Crippen LogP contribution in [0.2, 0.25) is 0 Å². The minimum Gasteiger partial charge on any atom is -0.456 e. The van der Waals surface area contributed by atoms with E-state index < -0.39 is 0 Å². The van der Waals surface area contributed by atoms with E-state index in [1.807, 2.05) is 25.1 Å². The molecule has 3 heterocycles. The van der Waals surface area contributed by atoms with Crippen LogP contribution in [0.1, 0.15) is 35.1 Å². The zero-order chi connectivity index (χ0) is 26.5.